The highest BCUT2D eigenvalue weighted by atomic mass is 16.3. The van der Waals surface area contributed by atoms with Crippen LogP contribution in [-0.4, -0.2) is 38.5 Å². The third-order valence-corrected chi connectivity index (χ3v) is 3.81. The summed E-state index contributed by atoms with van der Waals surface area (Å²) in [5.41, 5.74) is 2.15. The zero-order valence-corrected chi connectivity index (χ0v) is 12.6. The molecular weight excluding hydrogens is 266 g/mol. The first kappa shape index (κ1) is 15.6. The summed E-state index contributed by atoms with van der Waals surface area (Å²) in [5, 5.41) is 23.8. The molecule has 2 N–H and O–H groups in total. The van der Waals surface area contributed by atoms with Crippen LogP contribution < -0.4 is 5.32 Å². The number of aliphatic hydroxyl groups excluding tert-OH is 1. The van der Waals surface area contributed by atoms with Crippen molar-refractivity contribution in [3.8, 4) is 5.69 Å². The summed E-state index contributed by atoms with van der Waals surface area (Å²) in [7, 11) is 0. The predicted molar refractivity (Wildman–Crippen MR) is 81.1 cm³/mol. The monoisotopic (exact) mass is 289 g/mol. The van der Waals surface area contributed by atoms with E-state index in [0.717, 1.165) is 25.1 Å². The number of aromatic nitrogens is 4. The number of aliphatic hydroxyl groups is 1. The Morgan fingerprint density at radius 1 is 1.38 bits per heavy atom. The van der Waals surface area contributed by atoms with Crippen molar-refractivity contribution >= 4 is 0 Å². The highest BCUT2D eigenvalue weighted by Crippen LogP contribution is 2.17. The van der Waals surface area contributed by atoms with E-state index in [1.165, 1.54) is 5.56 Å². The molecule has 6 nitrogen and oxygen atoms in total. The molecule has 0 bridgehead atoms. The maximum absolute atomic E-state index is 9.04. The number of nitrogens with one attached hydrogen (secondary N) is 1. The summed E-state index contributed by atoms with van der Waals surface area (Å²) in [6.07, 6.45) is 3.51. The van der Waals surface area contributed by atoms with Crippen LogP contribution in [0.15, 0.2) is 30.6 Å². The van der Waals surface area contributed by atoms with Crippen molar-refractivity contribution in [2.75, 3.05) is 13.2 Å². The Morgan fingerprint density at radius 3 is 2.90 bits per heavy atom. The van der Waals surface area contributed by atoms with Crippen molar-refractivity contribution in [2.24, 2.45) is 5.92 Å². The van der Waals surface area contributed by atoms with Crippen LogP contribution in [0.4, 0.5) is 0 Å². The molecule has 0 spiro atoms. The first-order valence-corrected chi connectivity index (χ1v) is 7.42. The minimum absolute atomic E-state index is 0.245. The Morgan fingerprint density at radius 2 is 2.24 bits per heavy atom. The summed E-state index contributed by atoms with van der Waals surface area (Å²) >= 11 is 0. The molecule has 0 aliphatic carbocycles. The van der Waals surface area contributed by atoms with E-state index in [2.05, 4.69) is 46.8 Å². The molecule has 0 radical (unpaired) electrons. The van der Waals surface area contributed by atoms with Gasteiger partial charge in [0.2, 0.25) is 0 Å². The number of benzene rings is 1. The summed E-state index contributed by atoms with van der Waals surface area (Å²) in [4.78, 5) is 0. The van der Waals surface area contributed by atoms with Crippen molar-refractivity contribution in [3.05, 3.63) is 36.2 Å². The van der Waals surface area contributed by atoms with Crippen LogP contribution in [0, 0.1) is 5.92 Å². The van der Waals surface area contributed by atoms with Gasteiger partial charge in [-0.25, -0.2) is 4.68 Å². The SMILES string of the molecule is CCC(CCO)CNC(C)c1cccc(-n2cnnn2)c1. The molecule has 0 saturated heterocycles. The second-order valence-electron chi connectivity index (χ2n) is 5.27. The first-order chi connectivity index (χ1) is 10.2. The molecule has 0 fully saturated rings. The Balaban J connectivity index is 1.99. The molecule has 6 heteroatoms. The van der Waals surface area contributed by atoms with Crippen molar-refractivity contribution in [3.63, 3.8) is 0 Å². The highest BCUT2D eigenvalue weighted by Gasteiger charge is 2.10. The van der Waals surface area contributed by atoms with Crippen LogP contribution in [0.3, 0.4) is 0 Å². The Labute approximate surface area is 125 Å². The van der Waals surface area contributed by atoms with E-state index in [0.29, 0.717) is 5.92 Å². The lowest BCUT2D eigenvalue weighted by Crippen LogP contribution is -2.26. The fourth-order valence-electron chi connectivity index (χ4n) is 2.31. The molecule has 0 aliphatic rings. The van der Waals surface area contributed by atoms with E-state index in [4.69, 9.17) is 5.11 Å². The number of nitrogens with zero attached hydrogens (tertiary/aromatic N) is 4. The Bertz CT molecular complexity index is 529. The molecule has 2 atom stereocenters. The van der Waals surface area contributed by atoms with Crippen LogP contribution in [0.2, 0.25) is 0 Å². The van der Waals surface area contributed by atoms with E-state index < -0.39 is 0 Å². The first-order valence-electron chi connectivity index (χ1n) is 7.42. The van der Waals surface area contributed by atoms with Crippen LogP contribution in [0.25, 0.3) is 5.69 Å². The van der Waals surface area contributed by atoms with Gasteiger partial charge in [0, 0.05) is 12.6 Å². The quantitative estimate of drug-likeness (QED) is 0.774. The van der Waals surface area contributed by atoms with E-state index in [1.807, 2.05) is 12.1 Å². The second kappa shape index (κ2) is 7.85. The van der Waals surface area contributed by atoms with Gasteiger partial charge in [-0.2, -0.15) is 0 Å². The van der Waals surface area contributed by atoms with Gasteiger partial charge in [0.15, 0.2) is 0 Å². The number of rotatable bonds is 8. The predicted octanol–water partition coefficient (Wildman–Crippen LogP) is 1.72. The summed E-state index contributed by atoms with van der Waals surface area (Å²) in [6, 6.07) is 8.41. The van der Waals surface area contributed by atoms with Gasteiger partial charge in [-0.1, -0.05) is 25.5 Å². The van der Waals surface area contributed by atoms with Crippen LogP contribution in [0.5, 0.6) is 0 Å². The number of tetrazole rings is 1. The molecule has 0 saturated carbocycles. The fourth-order valence-corrected chi connectivity index (χ4v) is 2.31. The number of hydrogen-bond acceptors (Lipinski definition) is 5. The third kappa shape index (κ3) is 4.34. The minimum Gasteiger partial charge on any atom is -0.396 e. The Hall–Kier alpha value is -1.79. The topological polar surface area (TPSA) is 75.9 Å². The second-order valence-corrected chi connectivity index (χ2v) is 5.27. The molecule has 0 aliphatic heterocycles. The molecule has 1 heterocycles. The van der Waals surface area contributed by atoms with E-state index in [1.54, 1.807) is 11.0 Å². The lowest BCUT2D eigenvalue weighted by molar-refractivity contribution is 0.249. The average molecular weight is 289 g/mol. The van der Waals surface area contributed by atoms with Crippen LogP contribution in [-0.2, 0) is 0 Å². The highest BCUT2D eigenvalue weighted by molar-refractivity contribution is 5.35. The lowest BCUT2D eigenvalue weighted by Gasteiger charge is -2.19. The van der Waals surface area contributed by atoms with Gasteiger partial charge >= 0.3 is 0 Å². The van der Waals surface area contributed by atoms with Crippen molar-refractivity contribution in [2.45, 2.75) is 32.7 Å². The van der Waals surface area contributed by atoms with Gasteiger partial charge in [-0.3, -0.25) is 0 Å². The van der Waals surface area contributed by atoms with Crippen molar-refractivity contribution in [1.82, 2.24) is 25.5 Å². The zero-order chi connectivity index (χ0) is 15.1. The van der Waals surface area contributed by atoms with E-state index >= 15 is 0 Å². The molecule has 1 aromatic carbocycles. The molecule has 21 heavy (non-hydrogen) atoms. The standard InChI is InChI=1S/C15H23N5O/c1-3-13(7-8-21)10-16-12(2)14-5-4-6-15(9-14)20-11-17-18-19-20/h4-6,9,11-13,16,21H,3,7-8,10H2,1-2H3. The smallest absolute Gasteiger partial charge is 0.143 e. The Kier molecular flexibility index (Phi) is 5.83. The summed E-state index contributed by atoms with van der Waals surface area (Å²) in [6.45, 7) is 5.46. The summed E-state index contributed by atoms with van der Waals surface area (Å²) in [5.74, 6) is 0.514. The van der Waals surface area contributed by atoms with E-state index in [-0.39, 0.29) is 12.6 Å². The zero-order valence-electron chi connectivity index (χ0n) is 12.6. The largest absolute Gasteiger partial charge is 0.396 e. The molecule has 114 valence electrons. The van der Waals surface area contributed by atoms with Gasteiger partial charge in [-0.15, -0.1) is 5.10 Å². The molecule has 2 rings (SSSR count). The minimum atomic E-state index is 0.245. The lowest BCUT2D eigenvalue weighted by atomic mass is 10.0. The van der Waals surface area contributed by atoms with Crippen molar-refractivity contribution < 1.29 is 5.11 Å². The average Bonchev–Trinajstić information content (AvgIpc) is 3.05. The summed E-state index contributed by atoms with van der Waals surface area (Å²) < 4.78 is 1.65. The van der Waals surface area contributed by atoms with E-state index in [9.17, 15) is 0 Å². The molecule has 2 unspecified atom stereocenters. The van der Waals surface area contributed by atoms with Gasteiger partial charge in [0.1, 0.15) is 6.33 Å². The van der Waals surface area contributed by atoms with Crippen LogP contribution >= 0.6 is 0 Å². The molecule has 0 amide bonds. The number of hydrogen-bond donors (Lipinski definition) is 2. The van der Waals surface area contributed by atoms with Crippen molar-refractivity contribution in [1.29, 1.82) is 0 Å². The maximum atomic E-state index is 9.04. The van der Waals surface area contributed by atoms with Gasteiger partial charge < -0.3 is 10.4 Å². The van der Waals surface area contributed by atoms with Crippen LogP contribution in [0.1, 0.15) is 38.3 Å². The molecule has 1 aromatic heterocycles. The van der Waals surface area contributed by atoms with Gasteiger partial charge in [0.25, 0.3) is 0 Å². The van der Waals surface area contributed by atoms with Gasteiger partial charge in [-0.05, 0) is 53.9 Å². The normalized spacial score (nSPS) is 14.0. The third-order valence-electron chi connectivity index (χ3n) is 3.81. The molecular formula is C15H23N5O. The maximum Gasteiger partial charge on any atom is 0.143 e. The molecule has 2 aromatic rings. The fraction of sp³-hybridized carbons (Fsp3) is 0.533. The van der Waals surface area contributed by atoms with Gasteiger partial charge in [0.05, 0.1) is 5.69 Å².